The van der Waals surface area contributed by atoms with Crippen molar-refractivity contribution in [2.75, 3.05) is 0 Å². The average molecular weight is 184 g/mol. The molecule has 13 heavy (non-hydrogen) atoms. The standard InChI is InChI=1S/C10H16O3/c1-6(2)10(13)5-4-7(3)8(11)9(10)12/h7,11-13H,1,4-5H2,2-3H3/t7?,10-/m0/s1. The summed E-state index contributed by atoms with van der Waals surface area (Å²) in [5.41, 5.74) is -0.959. The Labute approximate surface area is 78.0 Å². The molecule has 1 aliphatic carbocycles. The molecule has 0 heterocycles. The first kappa shape index (κ1) is 10.1. The molecule has 0 aliphatic heterocycles. The monoisotopic (exact) mass is 184 g/mol. The van der Waals surface area contributed by atoms with E-state index >= 15 is 0 Å². The zero-order valence-corrected chi connectivity index (χ0v) is 8.04. The summed E-state index contributed by atoms with van der Waals surface area (Å²) >= 11 is 0. The molecule has 74 valence electrons. The maximum atomic E-state index is 9.94. The number of aliphatic hydroxyl groups is 3. The Morgan fingerprint density at radius 3 is 2.54 bits per heavy atom. The van der Waals surface area contributed by atoms with Crippen LogP contribution in [-0.4, -0.2) is 20.9 Å². The van der Waals surface area contributed by atoms with Crippen LogP contribution in [0.3, 0.4) is 0 Å². The molecular formula is C10H16O3. The lowest BCUT2D eigenvalue weighted by Crippen LogP contribution is -2.37. The minimum Gasteiger partial charge on any atom is -0.508 e. The fourth-order valence-electron chi connectivity index (χ4n) is 1.54. The summed E-state index contributed by atoms with van der Waals surface area (Å²) in [6.45, 7) is 7.05. The molecule has 3 nitrogen and oxygen atoms in total. The summed E-state index contributed by atoms with van der Waals surface area (Å²) in [5, 5.41) is 29.0. The predicted molar refractivity (Wildman–Crippen MR) is 50.4 cm³/mol. The molecule has 0 saturated heterocycles. The normalized spacial score (nSPS) is 34.8. The third-order valence-electron chi connectivity index (χ3n) is 2.75. The van der Waals surface area contributed by atoms with E-state index < -0.39 is 5.60 Å². The summed E-state index contributed by atoms with van der Waals surface area (Å²) in [6, 6.07) is 0. The lowest BCUT2D eigenvalue weighted by atomic mass is 9.79. The lowest BCUT2D eigenvalue weighted by Gasteiger charge is -2.34. The van der Waals surface area contributed by atoms with Crippen molar-refractivity contribution in [1.29, 1.82) is 0 Å². The molecule has 0 fully saturated rings. The van der Waals surface area contributed by atoms with Crippen molar-refractivity contribution in [2.45, 2.75) is 32.3 Å². The fraction of sp³-hybridized carbons (Fsp3) is 0.600. The summed E-state index contributed by atoms with van der Waals surface area (Å²) < 4.78 is 0. The molecule has 3 heteroatoms. The van der Waals surface area contributed by atoms with Gasteiger partial charge < -0.3 is 15.3 Å². The molecule has 1 rings (SSSR count). The van der Waals surface area contributed by atoms with Gasteiger partial charge in [0.25, 0.3) is 0 Å². The largest absolute Gasteiger partial charge is 0.508 e. The highest BCUT2D eigenvalue weighted by atomic mass is 16.4. The second-order valence-electron chi connectivity index (χ2n) is 3.81. The van der Waals surface area contributed by atoms with Gasteiger partial charge in [-0.25, -0.2) is 0 Å². The molecule has 0 aromatic carbocycles. The predicted octanol–water partition coefficient (Wildman–Crippen LogP) is 2.05. The number of rotatable bonds is 1. The van der Waals surface area contributed by atoms with E-state index in [1.807, 2.05) is 6.92 Å². The van der Waals surface area contributed by atoms with Gasteiger partial charge >= 0.3 is 0 Å². The van der Waals surface area contributed by atoms with E-state index in [2.05, 4.69) is 6.58 Å². The lowest BCUT2D eigenvalue weighted by molar-refractivity contribution is 0.0293. The van der Waals surface area contributed by atoms with Crippen molar-refractivity contribution < 1.29 is 15.3 Å². The zero-order chi connectivity index (χ0) is 10.2. The topological polar surface area (TPSA) is 60.7 Å². The van der Waals surface area contributed by atoms with Gasteiger partial charge in [0, 0.05) is 5.92 Å². The molecule has 3 N–H and O–H groups in total. The highest BCUT2D eigenvalue weighted by molar-refractivity contribution is 5.29. The summed E-state index contributed by atoms with van der Waals surface area (Å²) in [7, 11) is 0. The van der Waals surface area contributed by atoms with E-state index in [4.69, 9.17) is 0 Å². The van der Waals surface area contributed by atoms with Crippen molar-refractivity contribution in [3.05, 3.63) is 23.7 Å². The van der Waals surface area contributed by atoms with Gasteiger partial charge in [0.1, 0.15) is 11.4 Å². The van der Waals surface area contributed by atoms with E-state index in [9.17, 15) is 15.3 Å². The van der Waals surface area contributed by atoms with Crippen molar-refractivity contribution >= 4 is 0 Å². The molecule has 1 unspecified atom stereocenters. The number of hydrogen-bond donors (Lipinski definition) is 3. The van der Waals surface area contributed by atoms with Crippen molar-refractivity contribution in [2.24, 2.45) is 5.92 Å². The van der Waals surface area contributed by atoms with E-state index in [0.717, 1.165) is 0 Å². The second kappa shape index (κ2) is 3.07. The van der Waals surface area contributed by atoms with Gasteiger partial charge in [0.2, 0.25) is 0 Å². The Hall–Kier alpha value is -0.960. The minimum atomic E-state index is -1.42. The SMILES string of the molecule is C=C(C)[C@@]1(O)CCC(C)C(O)=C1O. The smallest absolute Gasteiger partial charge is 0.166 e. The van der Waals surface area contributed by atoms with Crippen molar-refractivity contribution in [1.82, 2.24) is 0 Å². The quantitative estimate of drug-likeness (QED) is 0.546. The summed E-state index contributed by atoms with van der Waals surface area (Å²) in [5.74, 6) is -0.532. The third-order valence-corrected chi connectivity index (χ3v) is 2.75. The van der Waals surface area contributed by atoms with Gasteiger partial charge in [-0.15, -0.1) is 0 Å². The maximum Gasteiger partial charge on any atom is 0.166 e. The van der Waals surface area contributed by atoms with E-state index in [-0.39, 0.29) is 17.4 Å². The van der Waals surface area contributed by atoms with E-state index in [1.54, 1.807) is 6.92 Å². The molecule has 2 atom stereocenters. The van der Waals surface area contributed by atoms with Gasteiger partial charge in [0.15, 0.2) is 5.76 Å². The fourth-order valence-corrected chi connectivity index (χ4v) is 1.54. The number of allylic oxidation sites excluding steroid dienone is 1. The zero-order valence-electron chi connectivity index (χ0n) is 8.04. The van der Waals surface area contributed by atoms with Crippen LogP contribution in [0.1, 0.15) is 26.7 Å². The molecule has 1 aliphatic rings. The average Bonchev–Trinajstić information content (AvgIpc) is 2.08. The Bertz CT molecular complexity index is 267. The van der Waals surface area contributed by atoms with Crippen molar-refractivity contribution in [3.8, 4) is 0 Å². The van der Waals surface area contributed by atoms with Gasteiger partial charge in [-0.3, -0.25) is 0 Å². The van der Waals surface area contributed by atoms with Gasteiger partial charge in [-0.2, -0.15) is 0 Å². The Balaban J connectivity index is 3.12. The first-order valence-electron chi connectivity index (χ1n) is 4.40. The second-order valence-corrected chi connectivity index (χ2v) is 3.81. The Morgan fingerprint density at radius 2 is 2.08 bits per heavy atom. The van der Waals surface area contributed by atoms with Crippen LogP contribution in [0, 0.1) is 5.92 Å². The first-order valence-corrected chi connectivity index (χ1v) is 4.40. The van der Waals surface area contributed by atoms with Crippen LogP contribution < -0.4 is 0 Å². The van der Waals surface area contributed by atoms with Crippen LogP contribution in [0.4, 0.5) is 0 Å². The minimum absolute atomic E-state index is 0.0837. The molecular weight excluding hydrogens is 168 g/mol. The van der Waals surface area contributed by atoms with Gasteiger partial charge in [-0.1, -0.05) is 13.5 Å². The molecule has 0 aromatic heterocycles. The van der Waals surface area contributed by atoms with E-state index in [0.29, 0.717) is 18.4 Å². The van der Waals surface area contributed by atoms with Gasteiger partial charge in [0.05, 0.1) is 0 Å². The highest BCUT2D eigenvalue weighted by Crippen LogP contribution is 2.38. The Kier molecular flexibility index (Phi) is 2.39. The molecule has 0 aromatic rings. The first-order chi connectivity index (χ1) is 5.89. The van der Waals surface area contributed by atoms with Crippen LogP contribution >= 0.6 is 0 Å². The maximum absolute atomic E-state index is 9.94. The van der Waals surface area contributed by atoms with E-state index in [1.165, 1.54) is 0 Å². The summed E-state index contributed by atoms with van der Waals surface area (Å²) in [4.78, 5) is 0. The Morgan fingerprint density at radius 1 is 1.54 bits per heavy atom. The molecule has 0 amide bonds. The van der Waals surface area contributed by atoms with Crippen LogP contribution in [-0.2, 0) is 0 Å². The number of aliphatic hydroxyl groups excluding tert-OH is 2. The van der Waals surface area contributed by atoms with Crippen molar-refractivity contribution in [3.63, 3.8) is 0 Å². The molecule has 0 saturated carbocycles. The summed E-state index contributed by atoms with van der Waals surface area (Å²) in [6.07, 6.45) is 1.07. The molecule has 0 radical (unpaired) electrons. The number of hydrogen-bond acceptors (Lipinski definition) is 3. The van der Waals surface area contributed by atoms with Crippen LogP contribution in [0.15, 0.2) is 23.7 Å². The van der Waals surface area contributed by atoms with Gasteiger partial charge in [-0.05, 0) is 25.3 Å². The van der Waals surface area contributed by atoms with Crippen LogP contribution in [0.25, 0.3) is 0 Å². The molecule has 0 spiro atoms. The highest BCUT2D eigenvalue weighted by Gasteiger charge is 2.40. The third kappa shape index (κ3) is 1.44. The van der Waals surface area contributed by atoms with Crippen LogP contribution in [0.2, 0.25) is 0 Å². The molecule has 0 bridgehead atoms. The van der Waals surface area contributed by atoms with Crippen LogP contribution in [0.5, 0.6) is 0 Å².